The molecule has 0 atom stereocenters. The number of hydrogen-bond donors (Lipinski definition) is 2. The van der Waals surface area contributed by atoms with Gasteiger partial charge in [-0.2, -0.15) is 0 Å². The molecule has 0 spiro atoms. The van der Waals surface area contributed by atoms with Crippen LogP contribution >= 0.6 is 12.4 Å². The van der Waals surface area contributed by atoms with Crippen molar-refractivity contribution in [2.75, 3.05) is 13.2 Å². The zero-order chi connectivity index (χ0) is 16.3. The Hall–Kier alpha value is 0.170. The largest absolute Gasteiger partial charge is 0.394 e. The first kappa shape index (κ1) is 24.4. The number of nitrogens with zero attached hydrogens (tertiary/aromatic N) is 1. The molecule has 0 aromatic rings. The number of hydrogen-bond acceptors (Lipinski definition) is 3. The first-order valence-corrected chi connectivity index (χ1v) is 9.04. The van der Waals surface area contributed by atoms with Crippen molar-refractivity contribution in [2.45, 2.75) is 104 Å². The molecule has 0 bridgehead atoms. The van der Waals surface area contributed by atoms with E-state index in [9.17, 15) is 10.2 Å². The fourth-order valence-corrected chi connectivity index (χ4v) is 3.57. The van der Waals surface area contributed by atoms with E-state index in [-0.39, 0.29) is 25.6 Å². The highest BCUT2D eigenvalue weighted by molar-refractivity contribution is 5.85. The van der Waals surface area contributed by atoms with Crippen LogP contribution in [0.4, 0.5) is 0 Å². The quantitative estimate of drug-likeness (QED) is 0.523. The summed E-state index contributed by atoms with van der Waals surface area (Å²) in [6.07, 6.45) is 9.19. The minimum absolute atomic E-state index is 0. The Labute approximate surface area is 144 Å². The summed E-state index contributed by atoms with van der Waals surface area (Å²) in [5, 5.41) is 19.8. The van der Waals surface area contributed by atoms with Crippen molar-refractivity contribution in [1.82, 2.24) is 4.90 Å². The second kappa shape index (κ2) is 13.6. The fraction of sp³-hybridized carbons (Fsp3) is 1.00. The van der Waals surface area contributed by atoms with Gasteiger partial charge in [0.2, 0.25) is 0 Å². The van der Waals surface area contributed by atoms with E-state index in [1.165, 1.54) is 0 Å². The van der Waals surface area contributed by atoms with Crippen molar-refractivity contribution < 1.29 is 10.2 Å². The molecule has 0 aliphatic rings. The number of rotatable bonds is 13. The summed E-state index contributed by atoms with van der Waals surface area (Å²) in [4.78, 5) is 2.48. The van der Waals surface area contributed by atoms with Crippen LogP contribution in [0, 0.1) is 0 Å². The maximum Gasteiger partial charge on any atom is 0.0649 e. The molecule has 0 saturated heterocycles. The highest BCUT2D eigenvalue weighted by Crippen LogP contribution is 2.30. The van der Waals surface area contributed by atoms with Gasteiger partial charge in [0.25, 0.3) is 0 Å². The first-order chi connectivity index (χ1) is 10.0. The second-order valence-electron chi connectivity index (χ2n) is 6.68. The standard InChI is InChI=1S/C18H39NO2.ClH/c1-6-10-16(11-7-2)19(18(5,14-20)15-21)17(12-8-3)13-9-4;/h16-17,20-21H,6-15H2,1-5H3;1H. The molecule has 136 valence electrons. The van der Waals surface area contributed by atoms with Gasteiger partial charge in [0.05, 0.1) is 18.8 Å². The van der Waals surface area contributed by atoms with Gasteiger partial charge in [0.1, 0.15) is 0 Å². The summed E-state index contributed by atoms with van der Waals surface area (Å²) in [6.45, 7) is 11.0. The van der Waals surface area contributed by atoms with Gasteiger partial charge >= 0.3 is 0 Å². The Morgan fingerprint density at radius 2 is 1.00 bits per heavy atom. The van der Waals surface area contributed by atoms with Crippen LogP contribution in [0.5, 0.6) is 0 Å². The lowest BCUT2D eigenvalue weighted by Gasteiger charge is -2.49. The highest BCUT2D eigenvalue weighted by atomic mass is 35.5. The van der Waals surface area contributed by atoms with Crippen LogP contribution < -0.4 is 0 Å². The highest BCUT2D eigenvalue weighted by Gasteiger charge is 2.38. The third-order valence-electron chi connectivity index (χ3n) is 4.58. The zero-order valence-electron chi connectivity index (χ0n) is 15.5. The van der Waals surface area contributed by atoms with E-state index in [4.69, 9.17) is 0 Å². The van der Waals surface area contributed by atoms with Gasteiger partial charge in [-0.3, -0.25) is 4.90 Å². The Morgan fingerprint density at radius 3 is 1.18 bits per heavy atom. The molecule has 0 saturated carbocycles. The van der Waals surface area contributed by atoms with Gasteiger partial charge in [-0.05, 0) is 32.6 Å². The maximum atomic E-state index is 9.92. The van der Waals surface area contributed by atoms with E-state index < -0.39 is 5.54 Å². The molecule has 0 aromatic carbocycles. The number of aliphatic hydroxyl groups excluding tert-OH is 2. The molecule has 0 aliphatic heterocycles. The first-order valence-electron chi connectivity index (χ1n) is 9.04. The summed E-state index contributed by atoms with van der Waals surface area (Å²) in [5.74, 6) is 0. The van der Waals surface area contributed by atoms with Crippen molar-refractivity contribution in [2.24, 2.45) is 0 Å². The predicted molar refractivity (Wildman–Crippen MR) is 98.9 cm³/mol. The summed E-state index contributed by atoms with van der Waals surface area (Å²) in [5.41, 5.74) is -0.510. The summed E-state index contributed by atoms with van der Waals surface area (Å²) in [7, 11) is 0. The molecule has 3 nitrogen and oxygen atoms in total. The molecule has 0 heterocycles. The molecular formula is C18H40ClNO2. The van der Waals surface area contributed by atoms with Gasteiger partial charge in [-0.15, -0.1) is 12.4 Å². The van der Waals surface area contributed by atoms with Crippen LogP contribution in [0.25, 0.3) is 0 Å². The molecule has 2 N–H and O–H groups in total. The van der Waals surface area contributed by atoms with Crippen LogP contribution in [-0.4, -0.2) is 45.9 Å². The second-order valence-corrected chi connectivity index (χ2v) is 6.68. The number of halogens is 1. The lowest BCUT2D eigenvalue weighted by molar-refractivity contribution is -0.0623. The maximum absolute atomic E-state index is 9.92. The van der Waals surface area contributed by atoms with Crippen molar-refractivity contribution >= 4 is 12.4 Å². The van der Waals surface area contributed by atoms with E-state index in [2.05, 4.69) is 32.6 Å². The number of aliphatic hydroxyl groups is 2. The van der Waals surface area contributed by atoms with Crippen molar-refractivity contribution in [3.8, 4) is 0 Å². The van der Waals surface area contributed by atoms with Crippen molar-refractivity contribution in [3.05, 3.63) is 0 Å². The van der Waals surface area contributed by atoms with E-state index in [1.54, 1.807) is 0 Å². The van der Waals surface area contributed by atoms with Crippen LogP contribution in [0.2, 0.25) is 0 Å². The normalized spacial score (nSPS) is 12.3. The van der Waals surface area contributed by atoms with E-state index in [1.807, 2.05) is 6.92 Å². The lowest BCUT2D eigenvalue weighted by Crippen LogP contribution is -2.60. The Balaban J connectivity index is 0. The van der Waals surface area contributed by atoms with Gasteiger partial charge in [0.15, 0.2) is 0 Å². The van der Waals surface area contributed by atoms with E-state index >= 15 is 0 Å². The van der Waals surface area contributed by atoms with Crippen LogP contribution in [0.1, 0.15) is 86.0 Å². The molecule has 4 heteroatoms. The van der Waals surface area contributed by atoms with E-state index in [0.717, 1.165) is 51.4 Å². The topological polar surface area (TPSA) is 43.7 Å². The van der Waals surface area contributed by atoms with Gasteiger partial charge < -0.3 is 10.2 Å². The summed E-state index contributed by atoms with van der Waals surface area (Å²) >= 11 is 0. The molecule has 0 aliphatic carbocycles. The third kappa shape index (κ3) is 7.16. The van der Waals surface area contributed by atoms with Crippen LogP contribution in [0.3, 0.4) is 0 Å². The third-order valence-corrected chi connectivity index (χ3v) is 4.58. The average Bonchev–Trinajstić information content (AvgIpc) is 2.48. The van der Waals surface area contributed by atoms with Crippen LogP contribution in [-0.2, 0) is 0 Å². The summed E-state index contributed by atoms with van der Waals surface area (Å²) < 4.78 is 0. The Kier molecular flexibility index (Phi) is 15.1. The SMILES string of the molecule is CCCC(CCC)N(C(CCC)CCC)C(C)(CO)CO.Cl. The summed E-state index contributed by atoms with van der Waals surface area (Å²) in [6, 6.07) is 0.930. The molecule has 0 fully saturated rings. The molecule has 0 unspecified atom stereocenters. The van der Waals surface area contributed by atoms with Crippen molar-refractivity contribution in [3.63, 3.8) is 0 Å². The van der Waals surface area contributed by atoms with Gasteiger partial charge in [0, 0.05) is 12.1 Å². The molecule has 0 radical (unpaired) electrons. The molecule has 0 rings (SSSR count). The lowest BCUT2D eigenvalue weighted by atomic mass is 9.89. The van der Waals surface area contributed by atoms with Crippen LogP contribution in [0.15, 0.2) is 0 Å². The average molecular weight is 338 g/mol. The minimum atomic E-state index is -0.510. The molecule has 0 aromatic heterocycles. The monoisotopic (exact) mass is 337 g/mol. The van der Waals surface area contributed by atoms with Gasteiger partial charge in [-0.1, -0.05) is 53.4 Å². The molecular weight excluding hydrogens is 298 g/mol. The molecule has 22 heavy (non-hydrogen) atoms. The predicted octanol–water partition coefficient (Wildman–Crippen LogP) is 4.39. The Bertz CT molecular complexity index is 219. The zero-order valence-corrected chi connectivity index (χ0v) is 16.3. The fourth-order valence-electron chi connectivity index (χ4n) is 3.57. The van der Waals surface area contributed by atoms with Gasteiger partial charge in [-0.25, -0.2) is 0 Å². The Morgan fingerprint density at radius 1 is 0.727 bits per heavy atom. The smallest absolute Gasteiger partial charge is 0.0649 e. The minimum Gasteiger partial charge on any atom is -0.394 e. The molecule has 0 amide bonds. The van der Waals surface area contributed by atoms with E-state index in [0.29, 0.717) is 12.1 Å². The van der Waals surface area contributed by atoms with Crippen molar-refractivity contribution in [1.29, 1.82) is 0 Å².